The minimum absolute atomic E-state index is 0.273. The van der Waals surface area contributed by atoms with Crippen molar-refractivity contribution < 1.29 is 9.53 Å². The van der Waals surface area contributed by atoms with E-state index in [9.17, 15) is 4.79 Å². The second-order valence-electron chi connectivity index (χ2n) is 7.29. The Bertz CT molecular complexity index is 995. The maximum absolute atomic E-state index is 12.5. The highest BCUT2D eigenvalue weighted by Crippen LogP contribution is 2.31. The van der Waals surface area contributed by atoms with Gasteiger partial charge in [0.05, 0.1) is 12.1 Å². The van der Waals surface area contributed by atoms with Crippen LogP contribution in [0.2, 0.25) is 0 Å². The van der Waals surface area contributed by atoms with Crippen LogP contribution >= 0.6 is 15.9 Å². The molecule has 0 radical (unpaired) electrons. The van der Waals surface area contributed by atoms with Crippen LogP contribution in [0.15, 0.2) is 46.9 Å². The van der Waals surface area contributed by atoms with Gasteiger partial charge in [0.1, 0.15) is 5.69 Å². The minimum Gasteiger partial charge on any atom is -0.461 e. The normalized spacial score (nSPS) is 15.9. The fourth-order valence-corrected chi connectivity index (χ4v) is 4.58. The maximum Gasteiger partial charge on any atom is 0.355 e. The first-order valence-electron chi connectivity index (χ1n) is 9.98. The Morgan fingerprint density at radius 2 is 2.07 bits per heavy atom. The number of nitrogens with one attached hydrogen (secondary N) is 2. The van der Waals surface area contributed by atoms with E-state index in [2.05, 4.69) is 56.6 Å². The van der Waals surface area contributed by atoms with Crippen LogP contribution in [0.4, 0.5) is 5.69 Å². The average molecular weight is 441 g/mol. The number of rotatable bonds is 6. The Morgan fingerprint density at radius 3 is 2.93 bits per heavy atom. The second kappa shape index (κ2) is 8.39. The van der Waals surface area contributed by atoms with E-state index in [1.807, 2.05) is 19.1 Å². The fourth-order valence-electron chi connectivity index (χ4n) is 4.12. The van der Waals surface area contributed by atoms with Crippen molar-refractivity contribution >= 4 is 38.5 Å². The number of H-pyrrole nitrogens is 1. The zero-order valence-electron chi connectivity index (χ0n) is 16.1. The molecule has 3 aromatic rings. The lowest BCUT2D eigenvalue weighted by atomic mass is 9.94. The van der Waals surface area contributed by atoms with E-state index in [0.29, 0.717) is 18.3 Å². The molecule has 4 rings (SSSR count). The maximum atomic E-state index is 12.5. The van der Waals surface area contributed by atoms with E-state index in [4.69, 9.17) is 4.74 Å². The molecule has 2 aromatic carbocycles. The van der Waals surface area contributed by atoms with E-state index in [1.54, 1.807) is 0 Å². The summed E-state index contributed by atoms with van der Waals surface area (Å²) in [5.41, 5.74) is 5.29. The molecular formula is C23H25BrN2O2. The van der Waals surface area contributed by atoms with Crippen molar-refractivity contribution in [2.75, 3.05) is 11.9 Å². The SMILES string of the molecule is CCOC(=O)c1[nH]c2c(Br)cccc2c1CCCC1CCc2ccccc2N1. The third kappa shape index (κ3) is 3.81. The number of anilines is 1. The first-order chi connectivity index (χ1) is 13.7. The molecule has 5 heteroatoms. The van der Waals surface area contributed by atoms with Crippen molar-refractivity contribution in [1.82, 2.24) is 4.98 Å². The zero-order valence-corrected chi connectivity index (χ0v) is 17.6. The average Bonchev–Trinajstić information content (AvgIpc) is 3.08. The van der Waals surface area contributed by atoms with Gasteiger partial charge in [0.15, 0.2) is 0 Å². The number of hydrogen-bond donors (Lipinski definition) is 2. The van der Waals surface area contributed by atoms with Gasteiger partial charge in [-0.3, -0.25) is 0 Å². The number of hydrogen-bond acceptors (Lipinski definition) is 3. The number of carbonyl (C=O) groups is 1. The number of benzene rings is 2. The number of aromatic nitrogens is 1. The van der Waals surface area contributed by atoms with E-state index in [1.165, 1.54) is 11.3 Å². The van der Waals surface area contributed by atoms with Gasteiger partial charge in [-0.1, -0.05) is 30.3 Å². The lowest BCUT2D eigenvalue weighted by Gasteiger charge is -2.27. The van der Waals surface area contributed by atoms with Crippen molar-refractivity contribution in [3.63, 3.8) is 0 Å². The van der Waals surface area contributed by atoms with Gasteiger partial charge < -0.3 is 15.0 Å². The molecule has 1 aromatic heterocycles. The number of aryl methyl sites for hydroxylation is 2. The largest absolute Gasteiger partial charge is 0.461 e. The van der Waals surface area contributed by atoms with Gasteiger partial charge in [0.2, 0.25) is 0 Å². The number of aromatic amines is 1. The molecule has 0 saturated heterocycles. The van der Waals surface area contributed by atoms with Crippen molar-refractivity contribution in [3.8, 4) is 0 Å². The number of carbonyl (C=O) groups excluding carboxylic acids is 1. The summed E-state index contributed by atoms with van der Waals surface area (Å²) in [5.74, 6) is -0.273. The van der Waals surface area contributed by atoms with Crippen molar-refractivity contribution in [3.05, 3.63) is 63.8 Å². The first kappa shape index (κ1) is 19.1. The van der Waals surface area contributed by atoms with Gasteiger partial charge in [-0.05, 0) is 78.2 Å². The molecule has 0 saturated carbocycles. The Labute approximate surface area is 173 Å². The molecule has 0 bridgehead atoms. The van der Waals surface area contributed by atoms with E-state index in [0.717, 1.165) is 53.0 Å². The predicted octanol–water partition coefficient (Wildman–Crippen LogP) is 5.86. The summed E-state index contributed by atoms with van der Waals surface area (Å²) < 4.78 is 6.24. The fraction of sp³-hybridized carbons (Fsp3) is 0.348. The molecule has 0 aliphatic carbocycles. The van der Waals surface area contributed by atoms with Gasteiger partial charge in [0, 0.05) is 21.6 Å². The van der Waals surface area contributed by atoms with Crippen LogP contribution in [0, 0.1) is 0 Å². The summed E-state index contributed by atoms with van der Waals surface area (Å²) in [4.78, 5) is 15.7. The number of ether oxygens (including phenoxy) is 1. The highest BCUT2D eigenvalue weighted by molar-refractivity contribution is 9.10. The van der Waals surface area contributed by atoms with Crippen LogP contribution in [0.3, 0.4) is 0 Å². The summed E-state index contributed by atoms with van der Waals surface area (Å²) in [6.45, 7) is 2.21. The molecule has 0 fully saturated rings. The summed E-state index contributed by atoms with van der Waals surface area (Å²) in [6, 6.07) is 15.1. The molecule has 28 heavy (non-hydrogen) atoms. The minimum atomic E-state index is -0.273. The lowest BCUT2D eigenvalue weighted by molar-refractivity contribution is 0.0519. The lowest BCUT2D eigenvalue weighted by Crippen LogP contribution is -2.25. The molecule has 1 unspecified atom stereocenters. The summed E-state index contributed by atoms with van der Waals surface area (Å²) >= 11 is 3.59. The number of esters is 1. The van der Waals surface area contributed by atoms with Crippen LogP contribution in [0.25, 0.3) is 10.9 Å². The Morgan fingerprint density at radius 1 is 1.21 bits per heavy atom. The van der Waals surface area contributed by atoms with Gasteiger partial charge in [-0.2, -0.15) is 0 Å². The van der Waals surface area contributed by atoms with Gasteiger partial charge in [-0.15, -0.1) is 0 Å². The topological polar surface area (TPSA) is 54.1 Å². The third-order valence-corrected chi connectivity index (χ3v) is 6.15. The standard InChI is InChI=1S/C23H25BrN2O2/c1-2-28-23(27)22-18(17-10-6-11-19(24)21(17)26-22)9-5-8-16-14-13-15-7-3-4-12-20(15)25-16/h3-4,6-7,10-12,16,25-26H,2,5,8-9,13-14H2,1H3. The quantitative estimate of drug-likeness (QED) is 0.472. The first-order valence-corrected chi connectivity index (χ1v) is 10.8. The summed E-state index contributed by atoms with van der Waals surface area (Å²) in [7, 11) is 0. The number of halogens is 1. The zero-order chi connectivity index (χ0) is 19.5. The number of para-hydroxylation sites is 2. The molecule has 2 N–H and O–H groups in total. The molecule has 0 amide bonds. The highest BCUT2D eigenvalue weighted by Gasteiger charge is 2.21. The smallest absolute Gasteiger partial charge is 0.355 e. The Kier molecular flexibility index (Phi) is 5.72. The third-order valence-electron chi connectivity index (χ3n) is 5.49. The van der Waals surface area contributed by atoms with Crippen LogP contribution < -0.4 is 5.32 Å². The highest BCUT2D eigenvalue weighted by atomic mass is 79.9. The van der Waals surface area contributed by atoms with Gasteiger partial charge >= 0.3 is 5.97 Å². The van der Waals surface area contributed by atoms with Crippen molar-refractivity contribution in [1.29, 1.82) is 0 Å². The van der Waals surface area contributed by atoms with Crippen LogP contribution in [0.5, 0.6) is 0 Å². The van der Waals surface area contributed by atoms with Crippen LogP contribution in [-0.4, -0.2) is 23.6 Å². The van der Waals surface area contributed by atoms with Gasteiger partial charge in [0.25, 0.3) is 0 Å². The molecule has 1 atom stereocenters. The van der Waals surface area contributed by atoms with E-state index < -0.39 is 0 Å². The van der Waals surface area contributed by atoms with E-state index in [-0.39, 0.29) is 5.97 Å². The van der Waals surface area contributed by atoms with Crippen LogP contribution in [-0.2, 0) is 17.6 Å². The summed E-state index contributed by atoms with van der Waals surface area (Å²) in [5, 5.41) is 4.77. The predicted molar refractivity (Wildman–Crippen MR) is 117 cm³/mol. The molecule has 146 valence electrons. The monoisotopic (exact) mass is 440 g/mol. The molecular weight excluding hydrogens is 416 g/mol. The molecule has 2 heterocycles. The number of fused-ring (bicyclic) bond motifs is 2. The molecule has 0 spiro atoms. The molecule has 4 nitrogen and oxygen atoms in total. The Hall–Kier alpha value is -2.27. The molecule has 1 aliphatic rings. The summed E-state index contributed by atoms with van der Waals surface area (Å²) in [6.07, 6.45) is 5.23. The Balaban J connectivity index is 1.49. The van der Waals surface area contributed by atoms with E-state index >= 15 is 0 Å². The molecule has 1 aliphatic heterocycles. The second-order valence-corrected chi connectivity index (χ2v) is 8.15. The van der Waals surface area contributed by atoms with Crippen molar-refractivity contribution in [2.45, 2.75) is 45.1 Å². The van der Waals surface area contributed by atoms with Gasteiger partial charge in [-0.25, -0.2) is 4.79 Å². The van der Waals surface area contributed by atoms with Crippen molar-refractivity contribution in [2.24, 2.45) is 0 Å². The van der Waals surface area contributed by atoms with Crippen LogP contribution in [0.1, 0.15) is 47.8 Å².